The Kier molecular flexibility index (Phi) is 3.52. The van der Waals surface area contributed by atoms with Crippen molar-refractivity contribution in [2.75, 3.05) is 11.4 Å². The molecule has 0 saturated heterocycles. The number of rotatable bonds is 4. The van der Waals surface area contributed by atoms with Gasteiger partial charge in [-0.1, -0.05) is 12.1 Å². The number of aryl methyl sites for hydroxylation is 1. The number of nitrogens with two attached hydrogens (primary N) is 1. The van der Waals surface area contributed by atoms with Gasteiger partial charge in [0, 0.05) is 18.3 Å². The Morgan fingerprint density at radius 3 is 2.44 bits per heavy atom. The lowest BCUT2D eigenvalue weighted by molar-refractivity contribution is -0.120. The third-order valence-electron chi connectivity index (χ3n) is 3.14. The van der Waals surface area contributed by atoms with Crippen LogP contribution in [0.1, 0.15) is 24.0 Å². The van der Waals surface area contributed by atoms with E-state index in [2.05, 4.69) is 0 Å². The standard InChI is InChI=1S/C13H17F3N2/c1-9-6-10(7-17)2-5-12(9)18(11-3-4-11)8-13(14,15)16/h2,5-6,11H,3-4,7-8,17H2,1H3. The number of anilines is 1. The van der Waals surface area contributed by atoms with E-state index < -0.39 is 12.7 Å². The molecular formula is C13H17F3N2. The summed E-state index contributed by atoms with van der Waals surface area (Å²) in [5.74, 6) is 0. The van der Waals surface area contributed by atoms with Crippen LogP contribution < -0.4 is 10.6 Å². The first-order valence-corrected chi connectivity index (χ1v) is 6.03. The molecule has 0 spiro atoms. The van der Waals surface area contributed by atoms with Crippen molar-refractivity contribution in [2.45, 2.75) is 38.5 Å². The highest BCUT2D eigenvalue weighted by atomic mass is 19.4. The number of halogens is 3. The van der Waals surface area contributed by atoms with Gasteiger partial charge in [0.2, 0.25) is 0 Å². The minimum atomic E-state index is -4.17. The van der Waals surface area contributed by atoms with Gasteiger partial charge in [0.05, 0.1) is 0 Å². The van der Waals surface area contributed by atoms with E-state index in [1.54, 1.807) is 12.1 Å². The van der Waals surface area contributed by atoms with E-state index in [9.17, 15) is 13.2 Å². The van der Waals surface area contributed by atoms with E-state index >= 15 is 0 Å². The Bertz CT molecular complexity index is 425. The molecule has 18 heavy (non-hydrogen) atoms. The van der Waals surface area contributed by atoms with Crippen LogP contribution in [0.2, 0.25) is 0 Å². The van der Waals surface area contributed by atoms with Crippen molar-refractivity contribution in [3.05, 3.63) is 29.3 Å². The van der Waals surface area contributed by atoms with Gasteiger partial charge in [-0.15, -0.1) is 0 Å². The van der Waals surface area contributed by atoms with Crippen molar-refractivity contribution in [3.63, 3.8) is 0 Å². The highest BCUT2D eigenvalue weighted by Crippen LogP contribution is 2.36. The van der Waals surface area contributed by atoms with Gasteiger partial charge in [0.15, 0.2) is 0 Å². The van der Waals surface area contributed by atoms with Gasteiger partial charge in [-0.05, 0) is 37.0 Å². The van der Waals surface area contributed by atoms with E-state index in [1.807, 2.05) is 13.0 Å². The SMILES string of the molecule is Cc1cc(CN)ccc1N(CC(F)(F)F)C1CC1. The number of nitrogens with zero attached hydrogens (tertiary/aromatic N) is 1. The Morgan fingerprint density at radius 2 is 2.00 bits per heavy atom. The van der Waals surface area contributed by atoms with Crippen LogP contribution in [0.3, 0.4) is 0 Å². The van der Waals surface area contributed by atoms with Crippen LogP contribution in [-0.4, -0.2) is 18.8 Å². The first-order valence-electron chi connectivity index (χ1n) is 6.03. The molecule has 1 aliphatic rings. The van der Waals surface area contributed by atoms with E-state index in [-0.39, 0.29) is 6.04 Å². The molecule has 1 aromatic carbocycles. The predicted molar refractivity (Wildman–Crippen MR) is 65.5 cm³/mol. The number of hydrogen-bond acceptors (Lipinski definition) is 2. The zero-order valence-corrected chi connectivity index (χ0v) is 10.3. The van der Waals surface area contributed by atoms with Crippen LogP contribution >= 0.6 is 0 Å². The molecule has 0 bridgehead atoms. The van der Waals surface area contributed by atoms with Gasteiger partial charge in [0.1, 0.15) is 6.54 Å². The van der Waals surface area contributed by atoms with Crippen molar-refractivity contribution >= 4 is 5.69 Å². The molecule has 0 aromatic heterocycles. The maximum Gasteiger partial charge on any atom is 0.405 e. The molecule has 0 unspecified atom stereocenters. The second kappa shape index (κ2) is 4.80. The predicted octanol–water partition coefficient (Wildman–Crippen LogP) is 2.98. The smallest absolute Gasteiger partial charge is 0.359 e. The third-order valence-corrected chi connectivity index (χ3v) is 3.14. The molecule has 2 N–H and O–H groups in total. The third kappa shape index (κ3) is 3.16. The molecule has 1 aromatic rings. The topological polar surface area (TPSA) is 29.3 Å². The molecule has 100 valence electrons. The maximum atomic E-state index is 12.6. The molecule has 2 rings (SSSR count). The van der Waals surface area contributed by atoms with Gasteiger partial charge < -0.3 is 10.6 Å². The fourth-order valence-corrected chi connectivity index (χ4v) is 2.16. The minimum absolute atomic E-state index is 0.0362. The number of benzene rings is 1. The highest BCUT2D eigenvalue weighted by Gasteiger charge is 2.38. The summed E-state index contributed by atoms with van der Waals surface area (Å²) in [6, 6.07) is 5.45. The van der Waals surface area contributed by atoms with E-state index in [1.165, 1.54) is 4.90 Å². The number of alkyl halides is 3. The molecule has 0 heterocycles. The molecule has 5 heteroatoms. The summed E-state index contributed by atoms with van der Waals surface area (Å²) in [5.41, 5.74) is 8.00. The zero-order chi connectivity index (χ0) is 13.3. The summed E-state index contributed by atoms with van der Waals surface area (Å²) >= 11 is 0. The minimum Gasteiger partial charge on any atom is -0.359 e. The van der Waals surface area contributed by atoms with Crippen LogP contribution in [0, 0.1) is 6.92 Å². The summed E-state index contributed by atoms with van der Waals surface area (Å²) in [7, 11) is 0. The first-order chi connectivity index (χ1) is 8.40. The summed E-state index contributed by atoms with van der Waals surface area (Å²) < 4.78 is 37.8. The second-order valence-electron chi connectivity index (χ2n) is 4.80. The molecule has 0 aliphatic heterocycles. The lowest BCUT2D eigenvalue weighted by Gasteiger charge is -2.27. The van der Waals surface area contributed by atoms with Gasteiger partial charge >= 0.3 is 6.18 Å². The summed E-state index contributed by atoms with van der Waals surface area (Å²) in [6.45, 7) is 1.37. The number of hydrogen-bond donors (Lipinski definition) is 1. The molecule has 0 radical (unpaired) electrons. The van der Waals surface area contributed by atoms with Crippen LogP contribution in [0.5, 0.6) is 0 Å². The monoisotopic (exact) mass is 258 g/mol. The van der Waals surface area contributed by atoms with Crippen molar-refractivity contribution in [3.8, 4) is 0 Å². The molecular weight excluding hydrogens is 241 g/mol. The maximum absolute atomic E-state index is 12.6. The fraction of sp³-hybridized carbons (Fsp3) is 0.538. The van der Waals surface area contributed by atoms with Gasteiger partial charge in [-0.2, -0.15) is 13.2 Å². The second-order valence-corrected chi connectivity index (χ2v) is 4.80. The van der Waals surface area contributed by atoms with Crippen LogP contribution in [0.4, 0.5) is 18.9 Å². The Labute approximate surface area is 105 Å². The lowest BCUT2D eigenvalue weighted by atomic mass is 10.1. The summed E-state index contributed by atoms with van der Waals surface area (Å²) in [4.78, 5) is 1.47. The van der Waals surface area contributed by atoms with E-state index in [0.29, 0.717) is 12.2 Å². The van der Waals surface area contributed by atoms with Crippen LogP contribution in [-0.2, 0) is 6.54 Å². The van der Waals surface area contributed by atoms with E-state index in [4.69, 9.17) is 5.73 Å². The van der Waals surface area contributed by atoms with Crippen molar-refractivity contribution in [1.82, 2.24) is 0 Å². The molecule has 1 aliphatic carbocycles. The molecule has 0 atom stereocenters. The lowest BCUT2D eigenvalue weighted by Crippen LogP contribution is -2.36. The largest absolute Gasteiger partial charge is 0.405 e. The Hall–Kier alpha value is -1.23. The van der Waals surface area contributed by atoms with Crippen molar-refractivity contribution in [1.29, 1.82) is 0 Å². The zero-order valence-electron chi connectivity index (χ0n) is 10.3. The van der Waals surface area contributed by atoms with Crippen LogP contribution in [0.25, 0.3) is 0 Å². The van der Waals surface area contributed by atoms with Crippen molar-refractivity contribution < 1.29 is 13.2 Å². The normalized spacial score (nSPS) is 15.8. The molecule has 0 amide bonds. The molecule has 1 saturated carbocycles. The Balaban J connectivity index is 2.25. The Morgan fingerprint density at radius 1 is 1.33 bits per heavy atom. The summed E-state index contributed by atoms with van der Waals surface area (Å²) in [6.07, 6.45) is -2.48. The van der Waals surface area contributed by atoms with E-state index in [0.717, 1.165) is 24.0 Å². The van der Waals surface area contributed by atoms with Gasteiger partial charge in [0.25, 0.3) is 0 Å². The first kappa shape index (κ1) is 13.2. The summed E-state index contributed by atoms with van der Waals surface area (Å²) in [5, 5.41) is 0. The quantitative estimate of drug-likeness (QED) is 0.899. The fourth-order valence-electron chi connectivity index (χ4n) is 2.16. The van der Waals surface area contributed by atoms with Gasteiger partial charge in [-0.25, -0.2) is 0 Å². The van der Waals surface area contributed by atoms with Crippen molar-refractivity contribution in [2.24, 2.45) is 5.73 Å². The average Bonchev–Trinajstić information content (AvgIpc) is 3.08. The highest BCUT2D eigenvalue weighted by molar-refractivity contribution is 5.56. The molecule has 2 nitrogen and oxygen atoms in total. The molecule has 1 fully saturated rings. The van der Waals surface area contributed by atoms with Gasteiger partial charge in [-0.3, -0.25) is 0 Å². The average molecular weight is 258 g/mol. The van der Waals surface area contributed by atoms with Crippen LogP contribution in [0.15, 0.2) is 18.2 Å².